The number of hydrogen-bond donors (Lipinski definition) is 2. The fraction of sp³-hybridized carbons (Fsp3) is 0.500. The van der Waals surface area contributed by atoms with E-state index in [1.807, 2.05) is 12.1 Å². The highest BCUT2D eigenvalue weighted by molar-refractivity contribution is 5.73. The van der Waals surface area contributed by atoms with Gasteiger partial charge in [0.15, 0.2) is 0 Å². The molecule has 88 valence electrons. The van der Waals surface area contributed by atoms with Gasteiger partial charge in [0.25, 0.3) is 0 Å². The fourth-order valence-electron chi connectivity index (χ4n) is 1.31. The van der Waals surface area contributed by atoms with E-state index in [0.29, 0.717) is 6.54 Å². The molecule has 0 atom stereocenters. The molecule has 1 aromatic heterocycles. The Morgan fingerprint density at radius 1 is 1.25 bits per heavy atom. The molecular weight excluding hydrogens is 202 g/mol. The minimum absolute atomic E-state index is 0.0810. The summed E-state index contributed by atoms with van der Waals surface area (Å²) in [5.74, 6) is 0. The zero-order valence-corrected chi connectivity index (χ0v) is 9.70. The second-order valence-electron chi connectivity index (χ2n) is 3.64. The standard InChI is InChI=1S/C12H19N3O/c1-2-3-7-14-12(16)15-10-6-11-4-8-13-9-5-11/h4-5,8-9H,2-3,6-7,10H2,1H3,(H2,14,15,16). The number of carbonyl (C=O) groups is 1. The maximum absolute atomic E-state index is 11.3. The summed E-state index contributed by atoms with van der Waals surface area (Å²) < 4.78 is 0. The molecule has 1 heterocycles. The lowest BCUT2D eigenvalue weighted by atomic mass is 10.2. The molecule has 0 aliphatic heterocycles. The summed E-state index contributed by atoms with van der Waals surface area (Å²) in [4.78, 5) is 15.2. The van der Waals surface area contributed by atoms with Gasteiger partial charge in [-0.05, 0) is 30.5 Å². The average molecular weight is 221 g/mol. The molecule has 0 fully saturated rings. The third-order valence-corrected chi connectivity index (χ3v) is 2.26. The van der Waals surface area contributed by atoms with Crippen LogP contribution in [0.25, 0.3) is 0 Å². The summed E-state index contributed by atoms with van der Waals surface area (Å²) in [6, 6.07) is 3.83. The number of amides is 2. The fourth-order valence-corrected chi connectivity index (χ4v) is 1.31. The SMILES string of the molecule is CCCCNC(=O)NCCc1ccncc1. The Morgan fingerprint density at radius 2 is 1.94 bits per heavy atom. The van der Waals surface area contributed by atoms with Gasteiger partial charge in [0.1, 0.15) is 0 Å². The molecule has 0 aliphatic carbocycles. The van der Waals surface area contributed by atoms with Crippen molar-refractivity contribution in [2.45, 2.75) is 26.2 Å². The second-order valence-corrected chi connectivity index (χ2v) is 3.64. The van der Waals surface area contributed by atoms with Gasteiger partial charge in [0.05, 0.1) is 0 Å². The first-order valence-electron chi connectivity index (χ1n) is 5.73. The molecule has 0 saturated heterocycles. The first-order chi connectivity index (χ1) is 7.83. The summed E-state index contributed by atoms with van der Waals surface area (Å²) in [7, 11) is 0. The van der Waals surface area contributed by atoms with E-state index >= 15 is 0 Å². The summed E-state index contributed by atoms with van der Waals surface area (Å²) >= 11 is 0. The molecule has 2 amide bonds. The van der Waals surface area contributed by atoms with Crippen LogP contribution in [-0.4, -0.2) is 24.1 Å². The number of rotatable bonds is 6. The average Bonchev–Trinajstić information content (AvgIpc) is 2.31. The highest BCUT2D eigenvalue weighted by Crippen LogP contribution is 1.95. The van der Waals surface area contributed by atoms with E-state index in [1.165, 1.54) is 5.56 Å². The predicted molar refractivity (Wildman–Crippen MR) is 64.3 cm³/mol. The normalized spacial score (nSPS) is 9.81. The Kier molecular flexibility index (Phi) is 5.99. The summed E-state index contributed by atoms with van der Waals surface area (Å²) in [5.41, 5.74) is 1.18. The Hall–Kier alpha value is -1.58. The van der Waals surface area contributed by atoms with Crippen LogP contribution in [-0.2, 0) is 6.42 Å². The van der Waals surface area contributed by atoms with Crippen LogP contribution in [0.2, 0.25) is 0 Å². The zero-order valence-electron chi connectivity index (χ0n) is 9.70. The van der Waals surface area contributed by atoms with Gasteiger partial charge in [0.2, 0.25) is 0 Å². The van der Waals surface area contributed by atoms with E-state index in [-0.39, 0.29) is 6.03 Å². The number of pyridine rings is 1. The van der Waals surface area contributed by atoms with Crippen LogP contribution in [0.5, 0.6) is 0 Å². The van der Waals surface area contributed by atoms with Crippen LogP contribution in [0.4, 0.5) is 4.79 Å². The molecule has 0 aromatic carbocycles. The van der Waals surface area contributed by atoms with Crippen molar-refractivity contribution >= 4 is 6.03 Å². The van der Waals surface area contributed by atoms with Crippen LogP contribution < -0.4 is 10.6 Å². The maximum atomic E-state index is 11.3. The van der Waals surface area contributed by atoms with Gasteiger partial charge in [-0.15, -0.1) is 0 Å². The van der Waals surface area contributed by atoms with Crippen molar-refractivity contribution in [2.75, 3.05) is 13.1 Å². The highest BCUT2D eigenvalue weighted by Gasteiger charge is 1.98. The lowest BCUT2D eigenvalue weighted by Gasteiger charge is -2.06. The Balaban J connectivity index is 2.09. The van der Waals surface area contributed by atoms with Crippen molar-refractivity contribution in [1.82, 2.24) is 15.6 Å². The molecule has 0 spiro atoms. The Bertz CT molecular complexity index is 300. The number of aromatic nitrogens is 1. The van der Waals surface area contributed by atoms with Crippen molar-refractivity contribution < 1.29 is 4.79 Å². The van der Waals surface area contributed by atoms with E-state index in [9.17, 15) is 4.79 Å². The second kappa shape index (κ2) is 7.68. The highest BCUT2D eigenvalue weighted by atomic mass is 16.2. The van der Waals surface area contributed by atoms with Crippen molar-refractivity contribution in [1.29, 1.82) is 0 Å². The molecule has 16 heavy (non-hydrogen) atoms. The molecule has 4 heteroatoms. The van der Waals surface area contributed by atoms with Crippen LogP contribution >= 0.6 is 0 Å². The lowest BCUT2D eigenvalue weighted by Crippen LogP contribution is -2.37. The topological polar surface area (TPSA) is 54.0 Å². The molecule has 4 nitrogen and oxygen atoms in total. The van der Waals surface area contributed by atoms with Crippen LogP contribution in [0.1, 0.15) is 25.3 Å². The Labute approximate surface area is 96.5 Å². The van der Waals surface area contributed by atoms with E-state index in [4.69, 9.17) is 0 Å². The van der Waals surface area contributed by atoms with E-state index < -0.39 is 0 Å². The predicted octanol–water partition coefficient (Wildman–Crippen LogP) is 1.72. The number of urea groups is 1. The molecule has 0 aliphatic rings. The molecule has 1 rings (SSSR count). The van der Waals surface area contributed by atoms with E-state index in [1.54, 1.807) is 12.4 Å². The first-order valence-corrected chi connectivity index (χ1v) is 5.73. The third kappa shape index (κ3) is 5.34. The number of carbonyl (C=O) groups excluding carboxylic acids is 1. The van der Waals surface area contributed by atoms with Gasteiger partial charge in [-0.3, -0.25) is 4.98 Å². The van der Waals surface area contributed by atoms with Gasteiger partial charge in [-0.25, -0.2) is 4.79 Å². The van der Waals surface area contributed by atoms with E-state index in [0.717, 1.165) is 25.8 Å². The van der Waals surface area contributed by atoms with Gasteiger partial charge < -0.3 is 10.6 Å². The molecule has 0 bridgehead atoms. The lowest BCUT2D eigenvalue weighted by molar-refractivity contribution is 0.241. The van der Waals surface area contributed by atoms with E-state index in [2.05, 4.69) is 22.5 Å². The van der Waals surface area contributed by atoms with Crippen molar-refractivity contribution in [2.24, 2.45) is 0 Å². The van der Waals surface area contributed by atoms with Crippen LogP contribution in [0, 0.1) is 0 Å². The summed E-state index contributed by atoms with van der Waals surface area (Å²) in [6.07, 6.45) is 6.48. The molecular formula is C12H19N3O. The zero-order chi connectivity index (χ0) is 11.6. The van der Waals surface area contributed by atoms with Gasteiger partial charge >= 0.3 is 6.03 Å². The number of nitrogens with zero attached hydrogens (tertiary/aromatic N) is 1. The smallest absolute Gasteiger partial charge is 0.314 e. The summed E-state index contributed by atoms with van der Waals surface area (Å²) in [6.45, 7) is 3.50. The minimum Gasteiger partial charge on any atom is -0.338 e. The first kappa shape index (κ1) is 12.5. The van der Waals surface area contributed by atoms with Gasteiger partial charge in [-0.2, -0.15) is 0 Å². The number of hydrogen-bond acceptors (Lipinski definition) is 2. The van der Waals surface area contributed by atoms with Gasteiger partial charge in [0, 0.05) is 25.5 Å². The quantitative estimate of drug-likeness (QED) is 0.719. The molecule has 0 saturated carbocycles. The van der Waals surface area contributed by atoms with Crippen molar-refractivity contribution in [3.05, 3.63) is 30.1 Å². The minimum atomic E-state index is -0.0810. The number of unbranched alkanes of at least 4 members (excludes halogenated alkanes) is 1. The van der Waals surface area contributed by atoms with Crippen LogP contribution in [0.15, 0.2) is 24.5 Å². The molecule has 2 N–H and O–H groups in total. The number of nitrogens with one attached hydrogen (secondary N) is 2. The largest absolute Gasteiger partial charge is 0.338 e. The maximum Gasteiger partial charge on any atom is 0.314 e. The monoisotopic (exact) mass is 221 g/mol. The van der Waals surface area contributed by atoms with Crippen molar-refractivity contribution in [3.63, 3.8) is 0 Å². The van der Waals surface area contributed by atoms with Crippen LogP contribution in [0.3, 0.4) is 0 Å². The molecule has 0 unspecified atom stereocenters. The molecule has 0 radical (unpaired) electrons. The summed E-state index contributed by atoms with van der Waals surface area (Å²) in [5, 5.41) is 5.63. The van der Waals surface area contributed by atoms with Crippen molar-refractivity contribution in [3.8, 4) is 0 Å². The Morgan fingerprint density at radius 3 is 2.62 bits per heavy atom. The third-order valence-electron chi connectivity index (χ3n) is 2.26. The van der Waals surface area contributed by atoms with Gasteiger partial charge in [-0.1, -0.05) is 13.3 Å². The molecule has 1 aromatic rings.